The van der Waals surface area contributed by atoms with Crippen molar-refractivity contribution < 1.29 is 23.9 Å². The summed E-state index contributed by atoms with van der Waals surface area (Å²) in [6, 6.07) is 15.2. The summed E-state index contributed by atoms with van der Waals surface area (Å²) in [6.45, 7) is -0.369. The van der Waals surface area contributed by atoms with Gasteiger partial charge in [0.15, 0.2) is 6.61 Å². The molecule has 0 spiro atoms. The van der Waals surface area contributed by atoms with Crippen LogP contribution >= 0.6 is 22.9 Å². The lowest BCUT2D eigenvalue weighted by atomic mass is 10.2. The van der Waals surface area contributed by atoms with E-state index in [0.717, 1.165) is 16.9 Å². The molecule has 0 unspecified atom stereocenters. The number of carbonyl (C=O) groups excluding carboxylic acids is 3. The lowest BCUT2D eigenvalue weighted by Crippen LogP contribution is -2.22. The van der Waals surface area contributed by atoms with Crippen LogP contribution in [-0.2, 0) is 16.1 Å². The van der Waals surface area contributed by atoms with E-state index in [1.165, 1.54) is 12.1 Å². The maximum atomic E-state index is 12.4. The topological polar surface area (TPSA) is 108 Å². The van der Waals surface area contributed by atoms with Crippen LogP contribution in [0.15, 0.2) is 60.0 Å². The number of rotatable bonds is 8. The van der Waals surface area contributed by atoms with Crippen LogP contribution in [0.1, 0.15) is 26.3 Å². The zero-order valence-electron chi connectivity index (χ0n) is 15.6. The summed E-state index contributed by atoms with van der Waals surface area (Å²) >= 11 is 7.26. The maximum absolute atomic E-state index is 12.4. The van der Waals surface area contributed by atoms with Gasteiger partial charge in [-0.25, -0.2) is 4.79 Å². The predicted molar refractivity (Wildman–Crippen MR) is 114 cm³/mol. The van der Waals surface area contributed by atoms with E-state index in [-0.39, 0.29) is 17.7 Å². The van der Waals surface area contributed by atoms with Gasteiger partial charge in [-0.15, -0.1) is 11.3 Å². The smallest absolute Gasteiger partial charge is 0.342 e. The van der Waals surface area contributed by atoms with Gasteiger partial charge in [0.1, 0.15) is 22.9 Å². The van der Waals surface area contributed by atoms with Gasteiger partial charge in [0.2, 0.25) is 0 Å². The van der Waals surface area contributed by atoms with Crippen LogP contribution in [0.25, 0.3) is 0 Å². The van der Waals surface area contributed by atoms with Crippen molar-refractivity contribution in [2.75, 3.05) is 11.9 Å². The lowest BCUT2D eigenvalue weighted by Gasteiger charge is -2.12. The molecule has 30 heavy (non-hydrogen) atoms. The third-order valence-electron chi connectivity index (χ3n) is 3.97. The number of hydrogen-bond acceptors (Lipinski definition) is 6. The summed E-state index contributed by atoms with van der Waals surface area (Å²) in [4.78, 5) is 35.8. The Labute approximate surface area is 181 Å². The third-order valence-corrected chi connectivity index (χ3v) is 5.16. The second-order valence-corrected chi connectivity index (χ2v) is 7.35. The number of para-hydroxylation sites is 1. The SMILES string of the molecule is NC(=O)c1ccsc1NC(=O)COC(=O)c1ccccc1OCc1ccccc1Cl. The number of nitrogens with one attached hydrogen (secondary N) is 1. The number of thiophene rings is 1. The van der Waals surface area contributed by atoms with E-state index >= 15 is 0 Å². The third kappa shape index (κ3) is 5.37. The summed E-state index contributed by atoms with van der Waals surface area (Å²) in [7, 11) is 0. The van der Waals surface area contributed by atoms with Gasteiger partial charge in [-0.05, 0) is 29.6 Å². The molecule has 0 fully saturated rings. The van der Waals surface area contributed by atoms with Crippen molar-refractivity contribution in [1.29, 1.82) is 0 Å². The molecule has 1 heterocycles. The highest BCUT2D eigenvalue weighted by Crippen LogP contribution is 2.24. The summed E-state index contributed by atoms with van der Waals surface area (Å²) in [5.41, 5.74) is 6.37. The molecule has 3 N–H and O–H groups in total. The van der Waals surface area contributed by atoms with E-state index in [1.54, 1.807) is 29.6 Å². The van der Waals surface area contributed by atoms with Gasteiger partial charge in [0.05, 0.1) is 5.56 Å². The van der Waals surface area contributed by atoms with Crippen molar-refractivity contribution in [3.8, 4) is 5.75 Å². The fourth-order valence-electron chi connectivity index (χ4n) is 2.50. The molecule has 0 bridgehead atoms. The van der Waals surface area contributed by atoms with Gasteiger partial charge < -0.3 is 20.5 Å². The minimum absolute atomic E-state index is 0.165. The van der Waals surface area contributed by atoms with Crippen LogP contribution in [0.3, 0.4) is 0 Å². The molecule has 0 radical (unpaired) electrons. The largest absolute Gasteiger partial charge is 0.488 e. The Kier molecular flexibility index (Phi) is 7.05. The highest BCUT2D eigenvalue weighted by atomic mass is 35.5. The number of ether oxygens (including phenoxy) is 2. The molecule has 154 valence electrons. The predicted octanol–water partition coefficient (Wildman–Crippen LogP) is 3.87. The van der Waals surface area contributed by atoms with Gasteiger partial charge in [0, 0.05) is 10.6 Å². The van der Waals surface area contributed by atoms with E-state index in [9.17, 15) is 14.4 Å². The second-order valence-electron chi connectivity index (χ2n) is 6.03. The molecule has 3 rings (SSSR count). The molecule has 3 aromatic rings. The number of anilines is 1. The maximum Gasteiger partial charge on any atom is 0.342 e. The number of hydrogen-bond donors (Lipinski definition) is 2. The van der Waals surface area contributed by atoms with Gasteiger partial charge in [-0.2, -0.15) is 0 Å². The average Bonchev–Trinajstić information content (AvgIpc) is 3.20. The Balaban J connectivity index is 1.60. The van der Waals surface area contributed by atoms with Crippen LogP contribution in [0.5, 0.6) is 5.75 Å². The molecule has 2 aromatic carbocycles. The minimum Gasteiger partial charge on any atom is -0.488 e. The van der Waals surface area contributed by atoms with Crippen LogP contribution in [0, 0.1) is 0 Å². The van der Waals surface area contributed by atoms with Gasteiger partial charge in [-0.1, -0.05) is 41.9 Å². The molecule has 1 aromatic heterocycles. The summed E-state index contributed by atoms with van der Waals surface area (Å²) in [5.74, 6) is -1.67. The van der Waals surface area contributed by atoms with Crippen molar-refractivity contribution in [3.05, 3.63) is 81.7 Å². The Morgan fingerprint density at radius 2 is 1.73 bits per heavy atom. The Bertz CT molecular complexity index is 1080. The number of amides is 2. The first-order chi connectivity index (χ1) is 14.5. The number of primary amides is 1. The van der Waals surface area contributed by atoms with E-state index in [1.807, 2.05) is 18.2 Å². The normalized spacial score (nSPS) is 10.3. The molecule has 2 amide bonds. The molecule has 0 atom stereocenters. The van der Waals surface area contributed by atoms with Crippen LogP contribution in [0.2, 0.25) is 5.02 Å². The molecule has 0 saturated carbocycles. The molecule has 0 aliphatic heterocycles. The second kappa shape index (κ2) is 9.91. The quantitative estimate of drug-likeness (QED) is 0.513. The van der Waals surface area contributed by atoms with Gasteiger partial charge in [0.25, 0.3) is 11.8 Å². The number of benzene rings is 2. The van der Waals surface area contributed by atoms with Crippen molar-refractivity contribution in [2.45, 2.75) is 6.61 Å². The monoisotopic (exact) mass is 444 g/mol. The van der Waals surface area contributed by atoms with E-state index in [4.69, 9.17) is 26.8 Å². The standard InChI is InChI=1S/C21H17ClN2O5S/c22-16-7-3-1-5-13(16)11-28-17-8-4-2-6-14(17)21(27)29-12-18(25)24-20-15(19(23)26)9-10-30-20/h1-10H,11-12H2,(H2,23,26)(H,24,25). The average molecular weight is 445 g/mol. The van der Waals surface area contributed by atoms with Crippen LogP contribution in [0.4, 0.5) is 5.00 Å². The summed E-state index contributed by atoms with van der Waals surface area (Å²) in [6.07, 6.45) is 0. The van der Waals surface area contributed by atoms with Crippen LogP contribution in [-0.4, -0.2) is 24.4 Å². The van der Waals surface area contributed by atoms with Crippen molar-refractivity contribution in [2.24, 2.45) is 5.73 Å². The number of carbonyl (C=O) groups is 3. The zero-order valence-corrected chi connectivity index (χ0v) is 17.2. The Morgan fingerprint density at radius 3 is 2.50 bits per heavy atom. The molecule has 0 saturated heterocycles. The fourth-order valence-corrected chi connectivity index (χ4v) is 3.50. The first kappa shape index (κ1) is 21.4. The fraction of sp³-hybridized carbons (Fsp3) is 0.0952. The number of esters is 1. The first-order valence-electron chi connectivity index (χ1n) is 8.75. The van der Waals surface area contributed by atoms with Crippen LogP contribution < -0.4 is 15.8 Å². The van der Waals surface area contributed by atoms with Crippen molar-refractivity contribution in [3.63, 3.8) is 0 Å². The lowest BCUT2D eigenvalue weighted by molar-refractivity contribution is -0.119. The van der Waals surface area contributed by atoms with Gasteiger partial charge >= 0.3 is 5.97 Å². The molecule has 0 aliphatic rings. The summed E-state index contributed by atoms with van der Waals surface area (Å²) in [5, 5.41) is 4.97. The van der Waals surface area contributed by atoms with E-state index in [0.29, 0.717) is 15.8 Å². The molecule has 7 nitrogen and oxygen atoms in total. The molecule has 9 heteroatoms. The molecular formula is C21H17ClN2O5S. The molecule has 0 aliphatic carbocycles. The first-order valence-corrected chi connectivity index (χ1v) is 10.0. The van der Waals surface area contributed by atoms with E-state index in [2.05, 4.69) is 5.32 Å². The van der Waals surface area contributed by atoms with Gasteiger partial charge in [-0.3, -0.25) is 9.59 Å². The zero-order chi connectivity index (χ0) is 21.5. The van der Waals surface area contributed by atoms with Crippen molar-refractivity contribution in [1.82, 2.24) is 0 Å². The summed E-state index contributed by atoms with van der Waals surface area (Å²) < 4.78 is 10.8. The van der Waals surface area contributed by atoms with Crippen molar-refractivity contribution >= 4 is 45.7 Å². The number of halogens is 1. The van der Waals surface area contributed by atoms with E-state index < -0.39 is 24.4 Å². The Morgan fingerprint density at radius 1 is 1.00 bits per heavy atom. The number of nitrogens with two attached hydrogens (primary N) is 1. The highest BCUT2D eigenvalue weighted by molar-refractivity contribution is 7.14. The minimum atomic E-state index is -0.721. The Hall–Kier alpha value is -3.36. The highest BCUT2D eigenvalue weighted by Gasteiger charge is 2.17. The molecular weight excluding hydrogens is 428 g/mol.